The Hall–Kier alpha value is -3.22. The maximum atomic E-state index is 12.6. The molecule has 0 bridgehead atoms. The minimum atomic E-state index is -0.176. The molecule has 0 spiro atoms. The Bertz CT molecular complexity index is 1060. The van der Waals surface area contributed by atoms with Crippen molar-refractivity contribution in [2.75, 3.05) is 18.0 Å². The zero-order valence-electron chi connectivity index (χ0n) is 15.8. The van der Waals surface area contributed by atoms with E-state index in [2.05, 4.69) is 20.3 Å². The van der Waals surface area contributed by atoms with Gasteiger partial charge in [0.2, 0.25) is 0 Å². The van der Waals surface area contributed by atoms with Gasteiger partial charge < -0.3 is 10.2 Å². The van der Waals surface area contributed by atoms with Crippen LogP contribution < -0.4 is 15.8 Å². The summed E-state index contributed by atoms with van der Waals surface area (Å²) in [7, 11) is 1.65. The highest BCUT2D eigenvalue weighted by Crippen LogP contribution is 2.22. The predicted molar refractivity (Wildman–Crippen MR) is 109 cm³/mol. The van der Waals surface area contributed by atoms with Gasteiger partial charge >= 0.3 is 0 Å². The van der Waals surface area contributed by atoms with Crippen molar-refractivity contribution in [3.8, 4) is 0 Å². The van der Waals surface area contributed by atoms with E-state index in [9.17, 15) is 9.59 Å². The van der Waals surface area contributed by atoms with Crippen molar-refractivity contribution in [2.24, 2.45) is 7.05 Å². The summed E-state index contributed by atoms with van der Waals surface area (Å²) in [6, 6.07) is 14.8. The number of hydrogen-bond donors (Lipinski definition) is 1. The molecule has 3 aromatic rings. The number of piperidine rings is 1. The fourth-order valence-corrected chi connectivity index (χ4v) is 3.65. The first-order chi connectivity index (χ1) is 13.6. The second-order valence-electron chi connectivity index (χ2n) is 7.10. The molecule has 144 valence electrons. The second kappa shape index (κ2) is 7.80. The number of para-hydroxylation sites is 1. The van der Waals surface area contributed by atoms with Gasteiger partial charge in [0.1, 0.15) is 11.5 Å². The first-order valence-corrected chi connectivity index (χ1v) is 9.57. The van der Waals surface area contributed by atoms with Crippen LogP contribution in [-0.2, 0) is 7.05 Å². The van der Waals surface area contributed by atoms with Crippen molar-refractivity contribution in [1.82, 2.24) is 20.1 Å². The van der Waals surface area contributed by atoms with Crippen molar-refractivity contribution in [3.05, 3.63) is 64.6 Å². The van der Waals surface area contributed by atoms with Gasteiger partial charge in [0, 0.05) is 37.6 Å². The summed E-state index contributed by atoms with van der Waals surface area (Å²) in [6.07, 6.45) is 3.15. The highest BCUT2D eigenvalue weighted by atomic mass is 16.2. The van der Waals surface area contributed by atoms with Crippen LogP contribution >= 0.6 is 0 Å². The van der Waals surface area contributed by atoms with Gasteiger partial charge in [0.25, 0.3) is 11.5 Å². The van der Waals surface area contributed by atoms with Gasteiger partial charge in [-0.2, -0.15) is 5.10 Å². The first-order valence-electron chi connectivity index (χ1n) is 9.57. The molecule has 0 radical (unpaired) electrons. The van der Waals surface area contributed by atoms with E-state index in [0.717, 1.165) is 42.5 Å². The molecular weight excluding hydrogens is 354 g/mol. The monoisotopic (exact) mass is 377 g/mol. The quantitative estimate of drug-likeness (QED) is 0.753. The number of aromatic nitrogens is 3. The second-order valence-corrected chi connectivity index (χ2v) is 7.10. The lowest BCUT2D eigenvalue weighted by atomic mass is 10.0. The number of nitrogens with zero attached hydrogens (tertiary/aromatic N) is 4. The molecule has 1 saturated heterocycles. The largest absolute Gasteiger partial charge is 0.350 e. The number of carbonyl (C=O) groups excluding carboxylic acids is 1. The normalized spacial score (nSPS) is 16.9. The standard InChI is InChI=1S/C21H23N5O2/c1-25-20(27)12-11-19(24-25)26-13-5-4-7-16(26)14-22-21(28)18-10-9-15-6-2-3-8-17(15)23-18/h2-3,6,8-12,16H,4-5,7,13-14H2,1H3,(H,22,28). The Morgan fingerprint density at radius 1 is 1.14 bits per heavy atom. The Labute approximate surface area is 163 Å². The van der Waals surface area contributed by atoms with Gasteiger partial charge in [0.05, 0.1) is 5.52 Å². The minimum Gasteiger partial charge on any atom is -0.350 e. The number of hydrogen-bond acceptors (Lipinski definition) is 5. The lowest BCUT2D eigenvalue weighted by molar-refractivity contribution is 0.0945. The molecular formula is C21H23N5O2. The Morgan fingerprint density at radius 2 is 2.00 bits per heavy atom. The van der Waals surface area contributed by atoms with Crippen LogP contribution in [0.2, 0.25) is 0 Å². The highest BCUT2D eigenvalue weighted by molar-refractivity contribution is 5.94. The fourth-order valence-electron chi connectivity index (χ4n) is 3.65. The molecule has 1 atom stereocenters. The molecule has 1 aromatic carbocycles. The van der Waals surface area contributed by atoms with Crippen LogP contribution in [0, 0.1) is 0 Å². The minimum absolute atomic E-state index is 0.131. The number of benzene rings is 1. The van der Waals surface area contributed by atoms with Crippen molar-refractivity contribution >= 4 is 22.6 Å². The number of carbonyl (C=O) groups is 1. The average molecular weight is 377 g/mol. The van der Waals surface area contributed by atoms with E-state index in [0.29, 0.717) is 12.2 Å². The van der Waals surface area contributed by atoms with E-state index in [1.807, 2.05) is 30.3 Å². The summed E-state index contributed by atoms with van der Waals surface area (Å²) in [5.41, 5.74) is 1.10. The van der Waals surface area contributed by atoms with Crippen LogP contribution in [-0.4, -0.2) is 39.8 Å². The van der Waals surface area contributed by atoms with Crippen molar-refractivity contribution < 1.29 is 4.79 Å². The SMILES string of the molecule is Cn1nc(N2CCCCC2CNC(=O)c2ccc3ccccc3n2)ccc1=O. The molecule has 3 heterocycles. The summed E-state index contributed by atoms with van der Waals surface area (Å²) in [4.78, 5) is 30.9. The Morgan fingerprint density at radius 3 is 2.86 bits per heavy atom. The van der Waals surface area contributed by atoms with E-state index in [-0.39, 0.29) is 17.5 Å². The lowest BCUT2D eigenvalue weighted by Gasteiger charge is -2.36. The molecule has 0 saturated carbocycles. The van der Waals surface area contributed by atoms with E-state index in [1.165, 1.54) is 10.7 Å². The third-order valence-electron chi connectivity index (χ3n) is 5.20. The first kappa shape index (κ1) is 18.2. The van der Waals surface area contributed by atoms with Gasteiger partial charge in [-0.3, -0.25) is 9.59 Å². The molecule has 7 heteroatoms. The van der Waals surface area contributed by atoms with Gasteiger partial charge in [0.15, 0.2) is 0 Å². The maximum absolute atomic E-state index is 12.6. The average Bonchev–Trinajstić information content (AvgIpc) is 2.74. The van der Waals surface area contributed by atoms with E-state index in [4.69, 9.17) is 0 Å². The van der Waals surface area contributed by atoms with Crippen molar-refractivity contribution in [2.45, 2.75) is 25.3 Å². The number of aryl methyl sites for hydroxylation is 1. The van der Waals surface area contributed by atoms with Gasteiger partial charge in [-0.05, 0) is 37.5 Å². The number of rotatable bonds is 4. The van der Waals surface area contributed by atoms with E-state index in [1.54, 1.807) is 19.2 Å². The van der Waals surface area contributed by atoms with Crippen molar-refractivity contribution in [1.29, 1.82) is 0 Å². The van der Waals surface area contributed by atoms with Crippen LogP contribution in [0.1, 0.15) is 29.8 Å². The van der Waals surface area contributed by atoms with Crippen molar-refractivity contribution in [3.63, 3.8) is 0 Å². The van der Waals surface area contributed by atoms with Crippen LogP contribution in [0.4, 0.5) is 5.82 Å². The topological polar surface area (TPSA) is 80.1 Å². The van der Waals surface area contributed by atoms with Crippen LogP contribution in [0.15, 0.2) is 53.3 Å². The summed E-state index contributed by atoms with van der Waals surface area (Å²) < 4.78 is 1.35. The molecule has 0 aliphatic carbocycles. The zero-order chi connectivity index (χ0) is 19.5. The highest BCUT2D eigenvalue weighted by Gasteiger charge is 2.24. The molecule has 1 aliphatic heterocycles. The van der Waals surface area contributed by atoms with E-state index < -0.39 is 0 Å². The zero-order valence-corrected chi connectivity index (χ0v) is 15.8. The number of nitrogens with one attached hydrogen (secondary N) is 1. The predicted octanol–water partition coefficient (Wildman–Crippen LogP) is 2.12. The van der Waals surface area contributed by atoms with Crippen LogP contribution in [0.25, 0.3) is 10.9 Å². The number of anilines is 1. The number of pyridine rings is 1. The molecule has 1 fully saturated rings. The Balaban J connectivity index is 1.47. The molecule has 4 rings (SSSR count). The summed E-state index contributed by atoms with van der Waals surface area (Å²) in [5, 5.41) is 8.40. The number of amides is 1. The van der Waals surface area contributed by atoms with E-state index >= 15 is 0 Å². The Kier molecular flexibility index (Phi) is 5.06. The van der Waals surface area contributed by atoms with Gasteiger partial charge in [-0.1, -0.05) is 24.3 Å². The molecule has 1 amide bonds. The smallest absolute Gasteiger partial charge is 0.269 e. The molecule has 1 N–H and O–H groups in total. The fraction of sp³-hybridized carbons (Fsp3) is 0.333. The molecule has 1 aliphatic rings. The molecule has 1 unspecified atom stereocenters. The van der Waals surface area contributed by atoms with Gasteiger partial charge in [-0.15, -0.1) is 0 Å². The third kappa shape index (κ3) is 3.74. The summed E-state index contributed by atoms with van der Waals surface area (Å²) >= 11 is 0. The summed E-state index contributed by atoms with van der Waals surface area (Å²) in [6.45, 7) is 1.37. The van der Waals surface area contributed by atoms with Crippen LogP contribution in [0.5, 0.6) is 0 Å². The molecule has 7 nitrogen and oxygen atoms in total. The lowest BCUT2D eigenvalue weighted by Crippen LogP contribution is -2.47. The maximum Gasteiger partial charge on any atom is 0.269 e. The third-order valence-corrected chi connectivity index (χ3v) is 5.20. The summed E-state index contributed by atoms with van der Waals surface area (Å²) in [5.74, 6) is 0.592. The molecule has 2 aromatic heterocycles. The molecule has 28 heavy (non-hydrogen) atoms. The van der Waals surface area contributed by atoms with Crippen LogP contribution in [0.3, 0.4) is 0 Å². The number of fused-ring (bicyclic) bond motifs is 1. The van der Waals surface area contributed by atoms with Gasteiger partial charge in [-0.25, -0.2) is 9.67 Å².